The summed E-state index contributed by atoms with van der Waals surface area (Å²) >= 11 is 4.98. The molecule has 2 aromatic carbocycles. The number of carbonyl (C=O) groups excluding carboxylic acids is 15. The van der Waals surface area contributed by atoms with E-state index in [2.05, 4.69) is 47.9 Å². The van der Waals surface area contributed by atoms with E-state index < -0.39 is 308 Å². The highest BCUT2D eigenvalue weighted by Gasteiger charge is 2.48. The molecule has 3 heterocycles. The molecule has 141 heavy (non-hydrogen) atoms. The molecule has 0 aliphatic carbocycles. The second kappa shape index (κ2) is 58.0. The minimum atomic E-state index is -1.96. The van der Waals surface area contributed by atoms with E-state index in [1.54, 1.807) is 96.1 Å². The van der Waals surface area contributed by atoms with Gasteiger partial charge in [-0.2, -0.15) is 0 Å². The Balaban J connectivity index is 1.28. The van der Waals surface area contributed by atoms with E-state index in [0.29, 0.717) is 23.3 Å². The van der Waals surface area contributed by atoms with Crippen LogP contribution >= 0.6 is 33.8 Å². The van der Waals surface area contributed by atoms with Crippen molar-refractivity contribution in [3.8, 4) is 5.75 Å². The van der Waals surface area contributed by atoms with Crippen LogP contribution in [0, 0.1) is 29.6 Å². The van der Waals surface area contributed by atoms with Crippen LogP contribution in [0.5, 0.6) is 5.75 Å². The second-order valence-electron chi connectivity index (χ2n) is 36.0. The number of nitrogens with zero attached hydrogens (tertiary/aromatic N) is 4. The standard InChI is InChI=1S/C92H133N13O33S3/c1-15-49(8)73-67(106)44-72(113)138-76(48(6)7)75(114)50(9)77(115)96-61(39-46(2)3)83(121)105-36-20-24-64(105)85(123)103(13)66(42-54-25-27-55(134-14)28-26-54)90(132)136-51(10)74(81(119)100-73)101-80(118)65(40-47(4)5)102(12)84(122)63-23-19-35-104(63)82(120)52(11)137-92(133)135-37-38-140-141-45-62(89(130)131)97-78(116)59(41-53-21-17-16-18-22-53)95-79(117)60(43-71(111)112)94-69(108)32-29-56(86(124)125)93-68(107)33-30-57(87(126)127)98-91(139)99-58(88(128)129)31-34-70(109)110/h16-18,21-22,25-28,46-52,56-67,73-74,76,106H,15,19-20,23-24,29-45H2,1-14H3,(H,93,107)(H,94,108)(H,95,117)(H,96,115)(H,97,116)(H,100,119)(H,101,118)(H,109,110)(H,111,112)(H,124,125)(H,126,127)(H,128,129)(H,130,131)(H2,98,99,139)/t49-,50-,51+,52-,56+,57-,58-,59+,60+,61?,62+,63?,64-,65+,66-,67-,73+,74-,76-/m1/s1. The van der Waals surface area contributed by atoms with E-state index in [1.165, 1.54) is 46.9 Å². The number of nitrogens with one attached hydrogen (secondary N) is 9. The number of amides is 11. The summed E-state index contributed by atoms with van der Waals surface area (Å²) in [6, 6.07) is -5.94. The summed E-state index contributed by atoms with van der Waals surface area (Å²) in [5, 5.41) is 91.3. The molecule has 2 aromatic rings. The maximum Gasteiger partial charge on any atom is 0.509 e. The molecule has 0 bridgehead atoms. The number of likely N-dealkylation sites (tertiary alicyclic amines) is 1. The first-order valence-electron chi connectivity index (χ1n) is 46.3. The van der Waals surface area contributed by atoms with E-state index in [9.17, 15) is 107 Å². The highest BCUT2D eigenvalue weighted by atomic mass is 33.1. The predicted octanol–water partition coefficient (Wildman–Crippen LogP) is 1.48. The van der Waals surface area contributed by atoms with Gasteiger partial charge in [-0.05, 0) is 138 Å². The van der Waals surface area contributed by atoms with Gasteiger partial charge < -0.3 is 127 Å². The van der Waals surface area contributed by atoms with Gasteiger partial charge in [-0.25, -0.2) is 28.8 Å². The van der Waals surface area contributed by atoms with Crippen LogP contribution in [0.1, 0.15) is 184 Å². The first-order chi connectivity index (χ1) is 66.3. The number of likely N-dealkylation sites (N-methyl/N-ethyl adjacent to an activating group) is 2. The zero-order valence-corrected chi connectivity index (χ0v) is 83.7. The lowest BCUT2D eigenvalue weighted by atomic mass is 9.91. The molecule has 16 N–H and O–H groups in total. The molecule has 0 radical (unpaired) electrons. The molecule has 0 spiro atoms. The third kappa shape index (κ3) is 38.1. The Labute approximate surface area is 828 Å². The van der Waals surface area contributed by atoms with Gasteiger partial charge in [0.25, 0.3) is 5.91 Å². The number of aliphatic hydroxyl groups excluding tert-OH is 1. The summed E-state index contributed by atoms with van der Waals surface area (Å²) in [6.07, 6.45) is -13.2. The van der Waals surface area contributed by atoms with Gasteiger partial charge >= 0.3 is 53.9 Å². The number of carboxylic acids is 6. The van der Waals surface area contributed by atoms with Crippen molar-refractivity contribution in [1.82, 2.24) is 67.5 Å². The maximum absolute atomic E-state index is 15.4. The minimum absolute atomic E-state index is 0.0367. The van der Waals surface area contributed by atoms with Crippen LogP contribution in [0.15, 0.2) is 54.6 Å². The average molecular weight is 2050 g/mol. The molecule has 3 aliphatic rings. The third-order valence-corrected chi connectivity index (χ3v) is 26.4. The number of esters is 2. The number of fused-ring (bicyclic) bond motifs is 1. The van der Waals surface area contributed by atoms with E-state index in [1.807, 2.05) is 13.8 Å². The van der Waals surface area contributed by atoms with E-state index >= 15 is 24.0 Å². The third-order valence-electron chi connectivity index (χ3n) is 23.8. The van der Waals surface area contributed by atoms with Crippen molar-refractivity contribution in [3.63, 3.8) is 0 Å². The molecule has 3 saturated heterocycles. The first-order valence-corrected chi connectivity index (χ1v) is 49.2. The number of carboxylic acid groups (broad SMARTS) is 6. The molecule has 782 valence electrons. The van der Waals surface area contributed by atoms with Crippen LogP contribution in [-0.2, 0) is 128 Å². The molecule has 0 aromatic heterocycles. The number of rotatable bonds is 47. The van der Waals surface area contributed by atoms with Crippen molar-refractivity contribution in [1.29, 1.82) is 0 Å². The van der Waals surface area contributed by atoms with E-state index in [4.69, 9.17) is 41.0 Å². The number of hydrogen-bond donors (Lipinski definition) is 16. The Morgan fingerprint density at radius 1 is 0.631 bits per heavy atom. The summed E-state index contributed by atoms with van der Waals surface area (Å²) in [4.78, 5) is 292. The predicted molar refractivity (Wildman–Crippen MR) is 508 cm³/mol. The monoisotopic (exact) mass is 2040 g/mol. The summed E-state index contributed by atoms with van der Waals surface area (Å²) in [5.74, 6) is -26.2. The SMILES string of the molecule is CC[C@@H](C)[C@@H]1NC(=O)[C@H](NC(=O)[C@H](CC(C)C)N(C)C(=O)C2CCCN2C(=O)[C@@H](C)OC(=O)OCCSSC[C@H](NC(=O)[C@H](Cc2ccccc2)NC(=O)[C@H](CC(=O)O)NC(=O)CC[C@H](NC(=O)CC[C@@H](NC(=S)N[C@H](CCC(=O)O)C(=O)O)C(=O)O)C(=O)O)C(=O)O)[C@H](C)OC(=O)[C@@H](Cc2ccc(OC)cc2)N(C)C(=O)[C@H]2CCCN2C(=O)C(CC(C)C)NC(=O)[C@H](C)C(=O)[C@@H](C(C)C)OC(=O)C[C@H]1O. The lowest BCUT2D eigenvalue weighted by molar-refractivity contribution is -0.163. The van der Waals surface area contributed by atoms with Gasteiger partial charge in [0.2, 0.25) is 59.1 Å². The van der Waals surface area contributed by atoms with Crippen LogP contribution in [0.25, 0.3) is 0 Å². The van der Waals surface area contributed by atoms with Crippen molar-refractivity contribution in [2.45, 2.75) is 288 Å². The van der Waals surface area contributed by atoms with Crippen LogP contribution in [0.2, 0.25) is 0 Å². The first kappa shape index (κ1) is 119. The number of cyclic esters (lactones) is 2. The van der Waals surface area contributed by atoms with Gasteiger partial charge in [-0.1, -0.05) is 126 Å². The molecule has 49 heteroatoms. The quantitative estimate of drug-likeness (QED) is 0.0111. The Hall–Kier alpha value is -12.5. The molecule has 3 aliphatic heterocycles. The van der Waals surface area contributed by atoms with Gasteiger partial charge in [0, 0.05) is 70.8 Å². The lowest BCUT2D eigenvalue weighted by Crippen LogP contribution is -2.62. The summed E-state index contributed by atoms with van der Waals surface area (Å²) < 4.78 is 28.0. The van der Waals surface area contributed by atoms with Crippen molar-refractivity contribution >= 4 is 164 Å². The number of carbonyl (C=O) groups is 21. The van der Waals surface area contributed by atoms with Gasteiger partial charge in [0.05, 0.1) is 38.0 Å². The lowest BCUT2D eigenvalue weighted by Gasteiger charge is -2.36. The van der Waals surface area contributed by atoms with Crippen LogP contribution in [-0.4, -0.2) is 340 Å². The molecular weight excluding hydrogens is 1910 g/mol. The number of thiocarbonyl (C=S) groups is 1. The fourth-order valence-electron chi connectivity index (χ4n) is 15.7. The molecule has 46 nitrogen and oxygen atoms in total. The molecule has 5 rings (SSSR count). The van der Waals surface area contributed by atoms with Crippen molar-refractivity contribution < 1.29 is 160 Å². The highest BCUT2D eigenvalue weighted by molar-refractivity contribution is 8.76. The Morgan fingerprint density at radius 3 is 1.75 bits per heavy atom. The Bertz CT molecular complexity index is 4750. The molecule has 2 unspecified atom stereocenters. The maximum atomic E-state index is 15.4. The number of methoxy groups -OCH3 is 1. The summed E-state index contributed by atoms with van der Waals surface area (Å²) in [6.45, 7) is 17.0. The minimum Gasteiger partial charge on any atom is -0.497 e. The average Bonchev–Trinajstić information content (AvgIpc) is 1.32. The number of ketones is 1. The topological polar surface area (TPSA) is 667 Å². The van der Waals surface area contributed by atoms with Crippen molar-refractivity contribution in [2.24, 2.45) is 29.6 Å². The Kier molecular flexibility index (Phi) is 48.9. The van der Waals surface area contributed by atoms with Gasteiger partial charge in [-0.15, -0.1) is 0 Å². The largest absolute Gasteiger partial charge is 0.509 e. The summed E-state index contributed by atoms with van der Waals surface area (Å²) in [5.41, 5.74) is 0.900. The van der Waals surface area contributed by atoms with Crippen LogP contribution in [0.4, 0.5) is 4.79 Å². The molecule has 0 saturated carbocycles. The molecule has 3 fully saturated rings. The van der Waals surface area contributed by atoms with Gasteiger partial charge in [-0.3, -0.25) is 71.9 Å². The van der Waals surface area contributed by atoms with Crippen molar-refractivity contribution in [2.75, 3.05) is 52.4 Å². The smallest absolute Gasteiger partial charge is 0.497 e. The molecular formula is C92H133N13O33S3. The van der Waals surface area contributed by atoms with Crippen LogP contribution < -0.4 is 52.6 Å². The van der Waals surface area contributed by atoms with Gasteiger partial charge in [0.15, 0.2) is 23.1 Å². The fraction of sp³-hybridized carbons (Fsp3) is 0.630. The number of aliphatic carboxylic acids is 6. The fourth-order valence-corrected chi connectivity index (χ4v) is 18.0. The molecule has 11 amide bonds. The number of benzene rings is 2. The zero-order valence-electron chi connectivity index (χ0n) is 81.2. The Morgan fingerprint density at radius 2 is 1.20 bits per heavy atom. The van der Waals surface area contributed by atoms with E-state index in [-0.39, 0.29) is 87.8 Å². The number of aliphatic hydroxyl groups is 1. The van der Waals surface area contributed by atoms with Gasteiger partial charge in [0.1, 0.15) is 91.0 Å². The highest BCUT2D eigenvalue weighted by Crippen LogP contribution is 2.30. The number of Topliss-reactive ketones (excluding diaryl/α,β-unsaturated/α-hetero) is 1. The van der Waals surface area contributed by atoms with Crippen LogP contribution in [0.3, 0.4) is 0 Å². The van der Waals surface area contributed by atoms with E-state index in [0.717, 1.165) is 36.3 Å². The van der Waals surface area contributed by atoms with Crippen molar-refractivity contribution in [3.05, 3.63) is 65.7 Å². The number of ether oxygens (including phenoxy) is 5. The molecule has 19 atom stereocenters. The normalized spacial score (nSPS) is 21.5. The summed E-state index contributed by atoms with van der Waals surface area (Å²) in [7, 11) is 5.93. The zero-order chi connectivity index (χ0) is 106. The number of hydrogen-bond acceptors (Lipinski definition) is 30. The second-order valence-corrected chi connectivity index (χ2v) is 39.0.